The van der Waals surface area contributed by atoms with Crippen molar-refractivity contribution >= 4 is 39.5 Å². The molecule has 0 saturated heterocycles. The number of carbonyl (C=O) groups is 4. The lowest BCUT2D eigenvalue weighted by atomic mass is 9.99. The fourth-order valence-corrected chi connectivity index (χ4v) is 12.5. The molecule has 0 aliphatic carbocycles. The molecule has 0 saturated carbocycles. The first-order valence-corrected chi connectivity index (χ1v) is 40.7. The molecule has 0 radical (unpaired) electrons. The molecule has 17 nitrogen and oxygen atoms in total. The van der Waals surface area contributed by atoms with E-state index in [0.717, 1.165) is 95.8 Å². The van der Waals surface area contributed by atoms with Gasteiger partial charge >= 0.3 is 39.5 Å². The summed E-state index contributed by atoms with van der Waals surface area (Å²) in [4.78, 5) is 72.6. The minimum atomic E-state index is -4.95. The first kappa shape index (κ1) is 89.1. The SMILES string of the molecule is CCCCCCCCCCCCCCC(=O)OC[C@H](COP(=O)(O)OC[C@@H](O)COP(=O)(O)OC[C@@H](COC(=O)CCCCCCCCCCC)OC(=O)CCCCCCCCCCCCCC)OC(=O)CCCCCCCCCCCCCCCCC(C)CC. The van der Waals surface area contributed by atoms with E-state index < -0.39 is 97.5 Å². The summed E-state index contributed by atoms with van der Waals surface area (Å²) < 4.78 is 68.3. The third-order valence-corrected chi connectivity index (χ3v) is 19.0. The highest BCUT2D eigenvalue weighted by Crippen LogP contribution is 2.45. The van der Waals surface area contributed by atoms with Crippen molar-refractivity contribution in [3.05, 3.63) is 0 Å². The summed E-state index contributed by atoms with van der Waals surface area (Å²) >= 11 is 0. The van der Waals surface area contributed by atoms with Gasteiger partial charge in [-0.2, -0.15) is 0 Å². The third kappa shape index (κ3) is 65.1. The van der Waals surface area contributed by atoms with Gasteiger partial charge in [0.25, 0.3) is 0 Å². The second-order valence-electron chi connectivity index (χ2n) is 26.2. The van der Waals surface area contributed by atoms with Crippen LogP contribution in [0.15, 0.2) is 0 Å². The molecule has 0 spiro atoms. The number of rotatable bonds is 72. The van der Waals surface area contributed by atoms with Crippen molar-refractivity contribution in [3.8, 4) is 0 Å². The summed E-state index contributed by atoms with van der Waals surface area (Å²) in [6, 6.07) is 0. The molecule has 0 bridgehead atoms. The van der Waals surface area contributed by atoms with Gasteiger partial charge in [0.05, 0.1) is 26.4 Å². The molecular formula is C72H140O17P2. The lowest BCUT2D eigenvalue weighted by molar-refractivity contribution is -0.161. The van der Waals surface area contributed by atoms with Gasteiger partial charge in [0.15, 0.2) is 12.2 Å². The third-order valence-electron chi connectivity index (χ3n) is 17.1. The van der Waals surface area contributed by atoms with Crippen LogP contribution in [0, 0.1) is 5.92 Å². The van der Waals surface area contributed by atoms with Crippen LogP contribution in [-0.4, -0.2) is 96.7 Å². The number of aliphatic hydroxyl groups is 1. The number of esters is 4. The van der Waals surface area contributed by atoms with Crippen molar-refractivity contribution in [1.82, 2.24) is 0 Å². The molecule has 0 aromatic rings. The standard InChI is InChI=1S/C72H140O17P2/c1-6-10-13-16-19-22-24-31-36-41-46-51-56-70(75)83-62-68(89-72(77)58-53-48-43-38-33-29-27-26-28-30-35-39-44-49-54-65(5)9-4)64-87-91(80,81)85-60-66(73)59-84-90(78,79)86-63-67(61-82-69(74)55-50-45-40-34-21-18-15-12-8-3)88-71(76)57-52-47-42-37-32-25-23-20-17-14-11-7-2/h65-68,73H,6-64H2,1-5H3,(H,78,79)(H,80,81)/t65?,66-,67+,68+/m0/s1. The highest BCUT2D eigenvalue weighted by atomic mass is 31.2. The van der Waals surface area contributed by atoms with Gasteiger partial charge in [0.1, 0.15) is 19.3 Å². The molecule has 0 aliphatic heterocycles. The number of phosphoric ester groups is 2. The van der Waals surface area contributed by atoms with E-state index in [4.69, 9.17) is 37.0 Å². The lowest BCUT2D eigenvalue weighted by Gasteiger charge is -2.21. The van der Waals surface area contributed by atoms with E-state index in [1.807, 2.05) is 0 Å². The minimum absolute atomic E-state index is 0.108. The summed E-state index contributed by atoms with van der Waals surface area (Å²) in [7, 11) is -9.90. The smallest absolute Gasteiger partial charge is 0.462 e. The van der Waals surface area contributed by atoms with Crippen LogP contribution in [0.5, 0.6) is 0 Å². The zero-order valence-corrected chi connectivity index (χ0v) is 60.8. The molecule has 0 aromatic heterocycles. The minimum Gasteiger partial charge on any atom is -0.462 e. The molecule has 0 fully saturated rings. The Bertz CT molecular complexity index is 1760. The topological polar surface area (TPSA) is 237 Å². The predicted octanol–water partition coefficient (Wildman–Crippen LogP) is 20.9. The number of phosphoric acid groups is 2. The zero-order chi connectivity index (χ0) is 67.0. The molecule has 3 N–H and O–H groups in total. The Balaban J connectivity index is 5.22. The van der Waals surface area contributed by atoms with Crippen molar-refractivity contribution in [2.24, 2.45) is 5.92 Å². The molecule has 3 unspecified atom stereocenters. The molecule has 0 aromatic carbocycles. The average Bonchev–Trinajstić information content (AvgIpc) is 3.48. The number of ether oxygens (including phenoxy) is 4. The molecule has 0 heterocycles. The van der Waals surface area contributed by atoms with E-state index in [-0.39, 0.29) is 25.7 Å². The number of hydrogen-bond acceptors (Lipinski definition) is 15. The molecule has 540 valence electrons. The normalized spacial score (nSPS) is 14.3. The van der Waals surface area contributed by atoms with Crippen molar-refractivity contribution in [2.45, 2.75) is 393 Å². The van der Waals surface area contributed by atoms with E-state index in [2.05, 4.69) is 34.6 Å². The Kier molecular flexibility index (Phi) is 64.0. The zero-order valence-electron chi connectivity index (χ0n) is 59.0. The summed E-state index contributed by atoms with van der Waals surface area (Å²) in [5.41, 5.74) is 0. The van der Waals surface area contributed by atoms with Gasteiger partial charge in [-0.05, 0) is 31.6 Å². The van der Waals surface area contributed by atoms with Gasteiger partial charge in [0.2, 0.25) is 0 Å². The molecule has 19 heteroatoms. The van der Waals surface area contributed by atoms with Crippen LogP contribution in [0.3, 0.4) is 0 Å². The van der Waals surface area contributed by atoms with Gasteiger partial charge < -0.3 is 33.8 Å². The van der Waals surface area contributed by atoms with Gasteiger partial charge in [-0.3, -0.25) is 37.3 Å². The van der Waals surface area contributed by atoms with E-state index >= 15 is 0 Å². The second kappa shape index (κ2) is 65.4. The van der Waals surface area contributed by atoms with Crippen LogP contribution < -0.4 is 0 Å². The Labute approximate surface area is 556 Å². The monoisotopic (exact) mass is 1340 g/mol. The fourth-order valence-electron chi connectivity index (χ4n) is 11.0. The number of unbranched alkanes of at least 4 members (excludes halogenated alkanes) is 43. The maximum Gasteiger partial charge on any atom is 0.472 e. The first-order chi connectivity index (χ1) is 44.1. The predicted molar refractivity (Wildman–Crippen MR) is 368 cm³/mol. The Morgan fingerprint density at radius 1 is 0.308 bits per heavy atom. The summed E-state index contributed by atoms with van der Waals surface area (Å²) in [5, 5.41) is 10.6. The highest BCUT2D eigenvalue weighted by molar-refractivity contribution is 7.47. The second-order valence-corrected chi connectivity index (χ2v) is 29.1. The average molecular weight is 1340 g/mol. The molecule has 6 atom stereocenters. The van der Waals surface area contributed by atoms with Crippen LogP contribution in [-0.2, 0) is 65.4 Å². The van der Waals surface area contributed by atoms with Crippen molar-refractivity contribution in [1.29, 1.82) is 0 Å². The van der Waals surface area contributed by atoms with Gasteiger partial charge in [-0.1, -0.05) is 324 Å². The Morgan fingerprint density at radius 2 is 0.527 bits per heavy atom. The quantitative estimate of drug-likeness (QED) is 0.0222. The number of carbonyl (C=O) groups excluding carboxylic acids is 4. The van der Waals surface area contributed by atoms with E-state index in [0.29, 0.717) is 25.7 Å². The van der Waals surface area contributed by atoms with E-state index in [1.165, 1.54) is 199 Å². The highest BCUT2D eigenvalue weighted by Gasteiger charge is 2.30. The summed E-state index contributed by atoms with van der Waals surface area (Å²) in [6.07, 6.45) is 52.5. The van der Waals surface area contributed by atoms with Crippen molar-refractivity contribution < 1.29 is 80.2 Å². The summed E-state index contributed by atoms with van der Waals surface area (Å²) in [5.74, 6) is -1.27. The van der Waals surface area contributed by atoms with E-state index in [1.54, 1.807) is 0 Å². The fraction of sp³-hybridized carbons (Fsp3) is 0.944. The molecule has 0 amide bonds. The molecule has 91 heavy (non-hydrogen) atoms. The summed E-state index contributed by atoms with van der Waals surface area (Å²) in [6.45, 7) is 7.30. The Morgan fingerprint density at radius 3 is 0.780 bits per heavy atom. The van der Waals surface area contributed by atoms with Crippen LogP contribution in [0.1, 0.15) is 375 Å². The largest absolute Gasteiger partial charge is 0.472 e. The number of hydrogen-bond donors (Lipinski definition) is 3. The molecule has 0 rings (SSSR count). The van der Waals surface area contributed by atoms with Crippen molar-refractivity contribution in [2.75, 3.05) is 39.6 Å². The van der Waals surface area contributed by atoms with Gasteiger partial charge in [-0.15, -0.1) is 0 Å². The van der Waals surface area contributed by atoms with Crippen LogP contribution in [0.2, 0.25) is 0 Å². The number of aliphatic hydroxyl groups excluding tert-OH is 1. The first-order valence-electron chi connectivity index (χ1n) is 37.7. The Hall–Kier alpha value is -1.94. The van der Waals surface area contributed by atoms with Gasteiger partial charge in [-0.25, -0.2) is 9.13 Å². The maximum absolute atomic E-state index is 13.0. The maximum atomic E-state index is 13.0. The van der Waals surface area contributed by atoms with Crippen LogP contribution >= 0.6 is 15.6 Å². The van der Waals surface area contributed by atoms with Gasteiger partial charge in [0, 0.05) is 25.7 Å². The molecular weight excluding hydrogens is 1200 g/mol. The van der Waals surface area contributed by atoms with Crippen molar-refractivity contribution in [3.63, 3.8) is 0 Å². The van der Waals surface area contributed by atoms with E-state index in [9.17, 15) is 43.2 Å². The molecule has 0 aliphatic rings. The van der Waals surface area contributed by atoms with Crippen LogP contribution in [0.4, 0.5) is 0 Å². The van der Waals surface area contributed by atoms with Crippen LogP contribution in [0.25, 0.3) is 0 Å². The lowest BCUT2D eigenvalue weighted by Crippen LogP contribution is -2.30.